The molecule has 166 valence electrons. The second kappa shape index (κ2) is 9.73. The summed E-state index contributed by atoms with van der Waals surface area (Å²) in [6, 6.07) is 8.03. The van der Waals surface area contributed by atoms with E-state index in [1.54, 1.807) is 50.4 Å². The van der Waals surface area contributed by atoms with Gasteiger partial charge >= 0.3 is 11.8 Å². The van der Waals surface area contributed by atoms with Crippen molar-refractivity contribution in [2.75, 3.05) is 19.0 Å². The molecule has 0 radical (unpaired) electrons. The lowest BCUT2D eigenvalue weighted by Crippen LogP contribution is -2.54. The highest BCUT2D eigenvalue weighted by molar-refractivity contribution is 6.39. The Morgan fingerprint density at radius 1 is 1.06 bits per heavy atom. The molecule has 0 fully saturated rings. The summed E-state index contributed by atoms with van der Waals surface area (Å²) < 4.78 is 10.6. The van der Waals surface area contributed by atoms with Gasteiger partial charge in [-0.2, -0.15) is 0 Å². The molecule has 0 saturated heterocycles. The van der Waals surface area contributed by atoms with E-state index in [2.05, 4.69) is 25.9 Å². The smallest absolute Gasteiger partial charge is 0.313 e. The highest BCUT2D eigenvalue weighted by Crippen LogP contribution is 2.32. The molecule has 3 aromatic rings. The van der Waals surface area contributed by atoms with E-state index in [4.69, 9.17) is 9.15 Å². The third kappa shape index (κ3) is 5.69. The first-order valence-electron chi connectivity index (χ1n) is 9.68. The molecule has 3 amide bonds. The van der Waals surface area contributed by atoms with E-state index in [9.17, 15) is 14.4 Å². The van der Waals surface area contributed by atoms with Gasteiger partial charge in [-0.05, 0) is 38.1 Å². The van der Waals surface area contributed by atoms with Crippen LogP contribution >= 0.6 is 0 Å². The first kappa shape index (κ1) is 22.5. The predicted octanol–water partition coefficient (Wildman–Crippen LogP) is 2.01. The Morgan fingerprint density at radius 3 is 2.47 bits per heavy atom. The zero-order valence-corrected chi connectivity index (χ0v) is 17.8. The zero-order valence-electron chi connectivity index (χ0n) is 17.8. The van der Waals surface area contributed by atoms with Crippen LogP contribution in [0.4, 0.5) is 5.69 Å². The Bertz CT molecular complexity index is 1100. The monoisotopic (exact) mass is 437 g/mol. The molecular formula is C22H23N5O5. The summed E-state index contributed by atoms with van der Waals surface area (Å²) in [5.41, 5.74) is 0.598. The van der Waals surface area contributed by atoms with Gasteiger partial charge in [0.1, 0.15) is 5.75 Å². The Balaban J connectivity index is 1.58. The maximum absolute atomic E-state index is 12.4. The fraction of sp³-hybridized carbons (Fsp3) is 0.227. The average Bonchev–Trinajstić information content (AvgIpc) is 3.32. The Labute approximate surface area is 184 Å². The molecule has 0 atom stereocenters. The molecule has 10 nitrogen and oxygen atoms in total. The number of hydrogen-bond acceptors (Lipinski definition) is 7. The van der Waals surface area contributed by atoms with Crippen LogP contribution in [-0.4, -0.2) is 46.9 Å². The lowest BCUT2D eigenvalue weighted by Gasteiger charge is -2.26. The van der Waals surface area contributed by atoms with Crippen molar-refractivity contribution in [3.8, 4) is 17.1 Å². The molecule has 32 heavy (non-hydrogen) atoms. The molecule has 2 heterocycles. The van der Waals surface area contributed by atoms with Crippen LogP contribution in [0, 0.1) is 0 Å². The molecule has 3 rings (SSSR count). The molecule has 0 aliphatic heterocycles. The topological polar surface area (TPSA) is 135 Å². The number of methoxy groups -OCH3 is 1. The number of amides is 3. The van der Waals surface area contributed by atoms with Gasteiger partial charge in [0.05, 0.1) is 24.4 Å². The lowest BCUT2D eigenvalue weighted by atomic mass is 10.1. The molecule has 3 N–H and O–H groups in total. The molecule has 0 saturated carbocycles. The van der Waals surface area contributed by atoms with Crippen molar-refractivity contribution in [1.82, 2.24) is 20.6 Å². The molecule has 0 unspecified atom stereocenters. The summed E-state index contributed by atoms with van der Waals surface area (Å²) in [6.45, 7) is 3.51. The number of oxazole rings is 1. The lowest BCUT2D eigenvalue weighted by molar-refractivity contribution is -0.137. The summed E-state index contributed by atoms with van der Waals surface area (Å²) in [6.07, 6.45) is 5.87. The van der Waals surface area contributed by atoms with Crippen LogP contribution in [0.3, 0.4) is 0 Å². The minimum Gasteiger partial charge on any atom is -0.496 e. The van der Waals surface area contributed by atoms with Crippen molar-refractivity contribution in [3.63, 3.8) is 0 Å². The SMILES string of the molecule is COc1cc(NC(=O)C(=O)NC(C)(C)CNC(=O)c2ccncc2)ccc1-c1cnco1. The Morgan fingerprint density at radius 2 is 1.81 bits per heavy atom. The Kier molecular flexibility index (Phi) is 6.83. The van der Waals surface area contributed by atoms with Crippen molar-refractivity contribution in [2.24, 2.45) is 0 Å². The van der Waals surface area contributed by atoms with Crippen molar-refractivity contribution in [1.29, 1.82) is 0 Å². The summed E-state index contributed by atoms with van der Waals surface area (Å²) in [5, 5.41) is 7.87. The third-order valence-electron chi connectivity index (χ3n) is 4.45. The van der Waals surface area contributed by atoms with Crippen LogP contribution in [0.15, 0.2) is 59.7 Å². The highest BCUT2D eigenvalue weighted by Gasteiger charge is 2.25. The van der Waals surface area contributed by atoms with E-state index >= 15 is 0 Å². The van der Waals surface area contributed by atoms with E-state index in [1.165, 1.54) is 25.9 Å². The predicted molar refractivity (Wildman–Crippen MR) is 116 cm³/mol. The third-order valence-corrected chi connectivity index (χ3v) is 4.45. The highest BCUT2D eigenvalue weighted by atomic mass is 16.5. The van der Waals surface area contributed by atoms with Crippen LogP contribution in [0.1, 0.15) is 24.2 Å². The number of anilines is 1. The van der Waals surface area contributed by atoms with Gasteiger partial charge in [0.25, 0.3) is 5.91 Å². The molecule has 0 bridgehead atoms. The van der Waals surface area contributed by atoms with Crippen molar-refractivity contribution >= 4 is 23.4 Å². The second-order valence-electron chi connectivity index (χ2n) is 7.49. The number of hydrogen-bond donors (Lipinski definition) is 3. The number of nitrogens with one attached hydrogen (secondary N) is 3. The first-order chi connectivity index (χ1) is 15.3. The normalized spacial score (nSPS) is 10.8. The van der Waals surface area contributed by atoms with Crippen molar-refractivity contribution < 1.29 is 23.5 Å². The molecule has 2 aromatic heterocycles. The van der Waals surface area contributed by atoms with E-state index < -0.39 is 17.4 Å². The number of ether oxygens (including phenoxy) is 1. The fourth-order valence-corrected chi connectivity index (χ4v) is 2.82. The number of nitrogens with zero attached hydrogens (tertiary/aromatic N) is 2. The summed E-state index contributed by atoms with van der Waals surface area (Å²) in [4.78, 5) is 44.7. The summed E-state index contributed by atoms with van der Waals surface area (Å²) >= 11 is 0. The molecular weight excluding hydrogens is 414 g/mol. The van der Waals surface area contributed by atoms with Gasteiger partial charge in [-0.3, -0.25) is 19.4 Å². The minimum atomic E-state index is -0.870. The number of aromatic nitrogens is 2. The quantitative estimate of drug-likeness (QED) is 0.481. The molecule has 0 spiro atoms. The van der Waals surface area contributed by atoms with Crippen LogP contribution in [0.5, 0.6) is 5.75 Å². The van der Waals surface area contributed by atoms with Gasteiger partial charge in [-0.1, -0.05) is 0 Å². The molecule has 0 aliphatic carbocycles. The maximum Gasteiger partial charge on any atom is 0.313 e. The van der Waals surface area contributed by atoms with E-state index in [1.807, 2.05) is 0 Å². The number of benzene rings is 1. The van der Waals surface area contributed by atoms with Crippen molar-refractivity contribution in [3.05, 3.63) is 60.9 Å². The van der Waals surface area contributed by atoms with E-state index in [0.717, 1.165) is 0 Å². The van der Waals surface area contributed by atoms with Gasteiger partial charge in [0.15, 0.2) is 12.2 Å². The van der Waals surface area contributed by atoms with Crippen LogP contribution in [-0.2, 0) is 9.59 Å². The standard InChI is InChI=1S/C22H23N5O5/c1-22(2,12-25-19(28)14-6-8-23-9-7-14)27-21(30)20(29)26-15-4-5-16(17(10-15)31-3)18-11-24-13-32-18/h4-11,13H,12H2,1-3H3,(H,25,28)(H,26,29)(H,27,30). The fourth-order valence-electron chi connectivity index (χ4n) is 2.82. The van der Waals surface area contributed by atoms with Crippen LogP contribution < -0.4 is 20.7 Å². The molecule has 0 aliphatic rings. The van der Waals surface area contributed by atoms with Gasteiger partial charge in [-0.25, -0.2) is 4.98 Å². The van der Waals surface area contributed by atoms with Gasteiger partial charge in [0, 0.05) is 36.3 Å². The van der Waals surface area contributed by atoms with Gasteiger partial charge < -0.3 is 25.1 Å². The Hall–Kier alpha value is -4.21. The summed E-state index contributed by atoms with van der Waals surface area (Å²) in [5.74, 6) is -1.05. The maximum atomic E-state index is 12.4. The second-order valence-corrected chi connectivity index (χ2v) is 7.49. The summed E-state index contributed by atoms with van der Waals surface area (Å²) in [7, 11) is 1.48. The van der Waals surface area contributed by atoms with Crippen molar-refractivity contribution in [2.45, 2.75) is 19.4 Å². The average molecular weight is 437 g/mol. The minimum absolute atomic E-state index is 0.118. The van der Waals surface area contributed by atoms with Crippen LogP contribution in [0.2, 0.25) is 0 Å². The zero-order chi connectivity index (χ0) is 23.1. The molecule has 1 aromatic carbocycles. The number of carbonyl (C=O) groups is 3. The number of carbonyl (C=O) groups excluding carboxylic acids is 3. The largest absolute Gasteiger partial charge is 0.496 e. The number of rotatable bonds is 7. The molecule has 10 heteroatoms. The number of pyridine rings is 1. The van der Waals surface area contributed by atoms with E-state index in [0.29, 0.717) is 28.3 Å². The first-order valence-corrected chi connectivity index (χ1v) is 9.68. The van der Waals surface area contributed by atoms with E-state index in [-0.39, 0.29) is 12.5 Å². The van der Waals surface area contributed by atoms with Gasteiger partial charge in [-0.15, -0.1) is 0 Å². The van der Waals surface area contributed by atoms with Gasteiger partial charge in [0.2, 0.25) is 0 Å². The van der Waals surface area contributed by atoms with Crippen LogP contribution in [0.25, 0.3) is 11.3 Å².